The van der Waals surface area contributed by atoms with Crippen molar-refractivity contribution < 1.29 is 5.11 Å². The van der Waals surface area contributed by atoms with E-state index in [1.54, 1.807) is 6.07 Å². The van der Waals surface area contributed by atoms with Gasteiger partial charge in [-0.1, -0.05) is 29.8 Å². The van der Waals surface area contributed by atoms with Crippen LogP contribution in [-0.2, 0) is 6.54 Å². The molecule has 114 valence electrons. The Hall–Kier alpha value is -1.36. The summed E-state index contributed by atoms with van der Waals surface area (Å²) in [6.45, 7) is 6.28. The van der Waals surface area contributed by atoms with Crippen molar-refractivity contribution in [1.29, 1.82) is 0 Å². The highest BCUT2D eigenvalue weighted by Gasteiger charge is 2.10. The van der Waals surface area contributed by atoms with Crippen LogP contribution >= 0.6 is 11.6 Å². The van der Waals surface area contributed by atoms with Crippen molar-refractivity contribution in [2.24, 2.45) is 0 Å². The smallest absolute Gasteiger partial charge is 0.0928 e. The van der Waals surface area contributed by atoms with E-state index in [0.29, 0.717) is 11.6 Å². The molecule has 0 fully saturated rings. The van der Waals surface area contributed by atoms with Crippen LogP contribution in [0.25, 0.3) is 0 Å². The standard InChI is InChI=1S/C16H22ClN3O/c1-12-10-13(2)20(19-12)9-5-8-18-11-16(21)14-6-3-4-7-15(14)17/h3-4,6-7,10,16,18,21H,5,8-9,11H2,1-2H3. The summed E-state index contributed by atoms with van der Waals surface area (Å²) in [5, 5.41) is 18.4. The summed E-state index contributed by atoms with van der Waals surface area (Å²) in [5.74, 6) is 0. The maximum absolute atomic E-state index is 10.1. The molecule has 0 amide bonds. The summed E-state index contributed by atoms with van der Waals surface area (Å²) in [6.07, 6.45) is 0.393. The van der Waals surface area contributed by atoms with Crippen LogP contribution in [0, 0.1) is 13.8 Å². The molecule has 1 unspecified atom stereocenters. The molecule has 0 spiro atoms. The topological polar surface area (TPSA) is 50.1 Å². The minimum absolute atomic E-state index is 0.501. The molecule has 0 aliphatic heterocycles. The summed E-state index contributed by atoms with van der Waals surface area (Å²) in [7, 11) is 0. The van der Waals surface area contributed by atoms with Crippen LogP contribution in [0.3, 0.4) is 0 Å². The number of rotatable bonds is 7. The molecule has 1 atom stereocenters. The number of benzene rings is 1. The van der Waals surface area contributed by atoms with E-state index in [9.17, 15) is 5.11 Å². The fourth-order valence-electron chi connectivity index (χ4n) is 2.35. The second-order valence-corrected chi connectivity index (χ2v) is 5.65. The highest BCUT2D eigenvalue weighted by Crippen LogP contribution is 2.21. The quantitative estimate of drug-likeness (QED) is 0.773. The lowest BCUT2D eigenvalue weighted by atomic mass is 10.1. The fraction of sp³-hybridized carbons (Fsp3) is 0.438. The third-order valence-electron chi connectivity index (χ3n) is 3.43. The van der Waals surface area contributed by atoms with Gasteiger partial charge in [0, 0.05) is 29.4 Å². The van der Waals surface area contributed by atoms with E-state index in [2.05, 4.69) is 23.4 Å². The zero-order valence-electron chi connectivity index (χ0n) is 12.5. The number of hydrogen-bond donors (Lipinski definition) is 2. The summed E-state index contributed by atoms with van der Waals surface area (Å²) in [6, 6.07) is 9.47. The Bertz CT molecular complexity index is 583. The predicted molar refractivity (Wildman–Crippen MR) is 85.6 cm³/mol. The van der Waals surface area contributed by atoms with E-state index in [0.717, 1.165) is 30.8 Å². The molecular formula is C16H22ClN3O. The van der Waals surface area contributed by atoms with Crippen molar-refractivity contribution in [3.8, 4) is 0 Å². The van der Waals surface area contributed by atoms with Gasteiger partial charge in [0.05, 0.1) is 11.8 Å². The van der Waals surface area contributed by atoms with Crippen LogP contribution in [0.15, 0.2) is 30.3 Å². The number of halogens is 1. The molecule has 0 bridgehead atoms. The molecular weight excluding hydrogens is 286 g/mol. The Kier molecular flexibility index (Phi) is 5.79. The molecule has 0 radical (unpaired) electrons. The fourth-order valence-corrected chi connectivity index (χ4v) is 2.61. The first-order valence-corrected chi connectivity index (χ1v) is 7.60. The lowest BCUT2D eigenvalue weighted by Gasteiger charge is -2.13. The van der Waals surface area contributed by atoms with Gasteiger partial charge in [-0.25, -0.2) is 0 Å². The van der Waals surface area contributed by atoms with Gasteiger partial charge in [-0.3, -0.25) is 4.68 Å². The van der Waals surface area contributed by atoms with Gasteiger partial charge in [0.25, 0.3) is 0 Å². The SMILES string of the molecule is Cc1cc(C)n(CCCNCC(O)c2ccccc2Cl)n1. The molecule has 1 aromatic carbocycles. The van der Waals surface area contributed by atoms with Crippen molar-refractivity contribution in [2.75, 3.05) is 13.1 Å². The lowest BCUT2D eigenvalue weighted by Crippen LogP contribution is -2.23. The van der Waals surface area contributed by atoms with E-state index < -0.39 is 6.10 Å². The van der Waals surface area contributed by atoms with Gasteiger partial charge in [-0.05, 0) is 38.9 Å². The minimum atomic E-state index is -0.576. The van der Waals surface area contributed by atoms with Crippen LogP contribution in [0.4, 0.5) is 0 Å². The Morgan fingerprint density at radius 3 is 2.76 bits per heavy atom. The molecule has 0 saturated carbocycles. The molecule has 0 aliphatic carbocycles. The number of hydrogen-bond acceptors (Lipinski definition) is 3. The largest absolute Gasteiger partial charge is 0.387 e. The van der Waals surface area contributed by atoms with E-state index in [1.165, 1.54) is 5.69 Å². The minimum Gasteiger partial charge on any atom is -0.387 e. The first kappa shape index (κ1) is 16.0. The van der Waals surface area contributed by atoms with Gasteiger partial charge >= 0.3 is 0 Å². The number of aryl methyl sites for hydroxylation is 3. The normalized spacial score (nSPS) is 12.6. The second-order valence-electron chi connectivity index (χ2n) is 5.25. The van der Waals surface area contributed by atoms with Crippen LogP contribution in [0.1, 0.15) is 29.5 Å². The molecule has 0 saturated heterocycles. The molecule has 2 aromatic rings. The third kappa shape index (κ3) is 4.56. The number of aliphatic hydroxyl groups is 1. The van der Waals surface area contributed by atoms with Crippen molar-refractivity contribution in [2.45, 2.75) is 32.9 Å². The molecule has 1 heterocycles. The van der Waals surface area contributed by atoms with E-state index >= 15 is 0 Å². The summed E-state index contributed by atoms with van der Waals surface area (Å²) in [5.41, 5.74) is 3.00. The molecule has 21 heavy (non-hydrogen) atoms. The Balaban J connectivity index is 1.70. The highest BCUT2D eigenvalue weighted by atomic mass is 35.5. The lowest BCUT2D eigenvalue weighted by molar-refractivity contribution is 0.174. The predicted octanol–water partition coefficient (Wildman–Crippen LogP) is 2.87. The number of nitrogens with zero attached hydrogens (tertiary/aromatic N) is 2. The average Bonchev–Trinajstić information content (AvgIpc) is 2.77. The zero-order valence-corrected chi connectivity index (χ0v) is 13.3. The average molecular weight is 308 g/mol. The van der Waals surface area contributed by atoms with Crippen LogP contribution < -0.4 is 5.32 Å². The molecule has 2 N–H and O–H groups in total. The molecule has 4 nitrogen and oxygen atoms in total. The summed E-state index contributed by atoms with van der Waals surface area (Å²) in [4.78, 5) is 0. The number of aromatic nitrogens is 2. The second kappa shape index (κ2) is 7.59. The van der Waals surface area contributed by atoms with Gasteiger partial charge < -0.3 is 10.4 Å². The number of aliphatic hydroxyl groups excluding tert-OH is 1. The van der Waals surface area contributed by atoms with E-state index in [4.69, 9.17) is 11.6 Å². The van der Waals surface area contributed by atoms with Gasteiger partial charge in [-0.2, -0.15) is 5.10 Å². The van der Waals surface area contributed by atoms with E-state index in [1.807, 2.05) is 29.8 Å². The van der Waals surface area contributed by atoms with Crippen LogP contribution in [0.5, 0.6) is 0 Å². The first-order chi connectivity index (χ1) is 10.1. The summed E-state index contributed by atoms with van der Waals surface area (Å²) >= 11 is 6.06. The monoisotopic (exact) mass is 307 g/mol. The molecule has 2 rings (SSSR count). The van der Waals surface area contributed by atoms with Gasteiger partial charge in [-0.15, -0.1) is 0 Å². The highest BCUT2D eigenvalue weighted by molar-refractivity contribution is 6.31. The van der Waals surface area contributed by atoms with Crippen LogP contribution in [-0.4, -0.2) is 28.0 Å². The Labute approximate surface area is 130 Å². The maximum Gasteiger partial charge on any atom is 0.0928 e. The number of nitrogens with one attached hydrogen (secondary N) is 1. The van der Waals surface area contributed by atoms with Gasteiger partial charge in [0.15, 0.2) is 0 Å². The van der Waals surface area contributed by atoms with Gasteiger partial charge in [0.2, 0.25) is 0 Å². The molecule has 1 aromatic heterocycles. The first-order valence-electron chi connectivity index (χ1n) is 7.22. The Morgan fingerprint density at radius 1 is 1.33 bits per heavy atom. The van der Waals surface area contributed by atoms with Gasteiger partial charge in [0.1, 0.15) is 0 Å². The maximum atomic E-state index is 10.1. The summed E-state index contributed by atoms with van der Waals surface area (Å²) < 4.78 is 2.02. The third-order valence-corrected chi connectivity index (χ3v) is 3.77. The van der Waals surface area contributed by atoms with Crippen molar-refractivity contribution in [1.82, 2.24) is 15.1 Å². The van der Waals surface area contributed by atoms with Crippen molar-refractivity contribution in [3.05, 3.63) is 52.3 Å². The van der Waals surface area contributed by atoms with Crippen molar-refractivity contribution >= 4 is 11.6 Å². The Morgan fingerprint density at radius 2 is 2.10 bits per heavy atom. The van der Waals surface area contributed by atoms with E-state index in [-0.39, 0.29) is 0 Å². The van der Waals surface area contributed by atoms with Crippen LogP contribution in [0.2, 0.25) is 5.02 Å². The van der Waals surface area contributed by atoms with Crippen molar-refractivity contribution in [3.63, 3.8) is 0 Å². The zero-order chi connectivity index (χ0) is 15.2. The molecule has 5 heteroatoms. The molecule has 0 aliphatic rings.